The molecular weight excluding hydrogens is 244 g/mol. The van der Waals surface area contributed by atoms with E-state index in [0.29, 0.717) is 5.56 Å². The highest BCUT2D eigenvalue weighted by Crippen LogP contribution is 2.20. The lowest BCUT2D eigenvalue weighted by Gasteiger charge is -2.11. The second kappa shape index (κ2) is 5.78. The Balaban J connectivity index is 2.03. The zero-order valence-electron chi connectivity index (χ0n) is 10.5. The predicted octanol–water partition coefficient (Wildman–Crippen LogP) is 3.20. The summed E-state index contributed by atoms with van der Waals surface area (Å²) in [6.45, 7) is 4.06. The van der Waals surface area contributed by atoms with Crippen LogP contribution in [0.25, 0.3) is 0 Å². The summed E-state index contributed by atoms with van der Waals surface area (Å²) in [5, 5.41) is 3.91. The predicted molar refractivity (Wildman–Crippen MR) is 73.8 cm³/mol. The highest BCUT2D eigenvalue weighted by atomic mass is 32.1. The summed E-state index contributed by atoms with van der Waals surface area (Å²) in [4.78, 5) is 17.5. The van der Waals surface area contributed by atoms with E-state index < -0.39 is 0 Å². The third-order valence-electron chi connectivity index (χ3n) is 2.67. The Morgan fingerprint density at radius 3 is 2.72 bits per heavy atom. The summed E-state index contributed by atoms with van der Waals surface area (Å²) in [6, 6.07) is 9.18. The van der Waals surface area contributed by atoms with Crippen molar-refractivity contribution in [3.8, 4) is 0 Å². The van der Waals surface area contributed by atoms with Gasteiger partial charge in [0.05, 0.1) is 6.04 Å². The van der Waals surface area contributed by atoms with Crippen molar-refractivity contribution in [2.45, 2.75) is 26.3 Å². The molecule has 0 bridgehead atoms. The zero-order valence-corrected chi connectivity index (χ0v) is 11.3. The number of amides is 1. The van der Waals surface area contributed by atoms with Crippen LogP contribution in [0.15, 0.2) is 36.5 Å². The van der Waals surface area contributed by atoms with Gasteiger partial charge in [-0.1, -0.05) is 25.1 Å². The Hall–Kier alpha value is -1.68. The van der Waals surface area contributed by atoms with E-state index in [4.69, 9.17) is 0 Å². The first-order valence-corrected chi connectivity index (χ1v) is 6.83. The molecule has 1 heterocycles. The van der Waals surface area contributed by atoms with Crippen molar-refractivity contribution >= 4 is 17.2 Å². The van der Waals surface area contributed by atoms with Crippen LogP contribution >= 0.6 is 11.3 Å². The Morgan fingerprint density at radius 1 is 1.39 bits per heavy atom. The quantitative estimate of drug-likeness (QED) is 0.917. The fourth-order valence-electron chi connectivity index (χ4n) is 1.62. The number of nitrogens with zero attached hydrogens (tertiary/aromatic N) is 1. The molecule has 1 aromatic heterocycles. The standard InChI is InChI=1S/C14H16N2OS/c1-3-12-9-15-14(18-12)10(2)16-13(17)11-7-5-4-6-8-11/h4-10H,3H2,1-2H3,(H,16,17). The number of nitrogens with one attached hydrogen (secondary N) is 1. The van der Waals surface area contributed by atoms with Gasteiger partial charge in [0.25, 0.3) is 5.91 Å². The lowest BCUT2D eigenvalue weighted by atomic mass is 10.2. The van der Waals surface area contributed by atoms with Crippen molar-refractivity contribution in [1.82, 2.24) is 10.3 Å². The number of benzene rings is 1. The van der Waals surface area contributed by atoms with E-state index in [1.165, 1.54) is 4.88 Å². The molecule has 1 atom stereocenters. The molecule has 2 rings (SSSR count). The molecule has 4 heteroatoms. The molecule has 1 aromatic carbocycles. The minimum absolute atomic E-state index is 0.0528. The van der Waals surface area contributed by atoms with E-state index in [9.17, 15) is 4.79 Å². The van der Waals surface area contributed by atoms with Gasteiger partial charge in [-0.2, -0.15) is 0 Å². The number of carbonyl (C=O) groups is 1. The minimum atomic E-state index is -0.0589. The molecule has 0 spiro atoms. The van der Waals surface area contributed by atoms with Gasteiger partial charge in [-0.05, 0) is 25.5 Å². The van der Waals surface area contributed by atoms with E-state index in [2.05, 4.69) is 17.2 Å². The Bertz CT molecular complexity index is 522. The van der Waals surface area contributed by atoms with Gasteiger partial charge < -0.3 is 5.32 Å². The number of hydrogen-bond acceptors (Lipinski definition) is 3. The van der Waals surface area contributed by atoms with Crippen molar-refractivity contribution in [3.05, 3.63) is 52.0 Å². The molecule has 3 nitrogen and oxygen atoms in total. The molecule has 1 unspecified atom stereocenters. The van der Waals surface area contributed by atoms with E-state index >= 15 is 0 Å². The first kappa shape index (κ1) is 12.8. The summed E-state index contributed by atoms with van der Waals surface area (Å²) in [6.07, 6.45) is 2.86. The monoisotopic (exact) mass is 260 g/mol. The van der Waals surface area contributed by atoms with Crippen LogP contribution in [0, 0.1) is 0 Å². The lowest BCUT2D eigenvalue weighted by molar-refractivity contribution is 0.0940. The van der Waals surface area contributed by atoms with Crippen LogP contribution < -0.4 is 5.32 Å². The molecule has 0 fully saturated rings. The Kier molecular flexibility index (Phi) is 4.10. The maximum absolute atomic E-state index is 12.0. The summed E-state index contributed by atoms with van der Waals surface area (Å²) in [5.41, 5.74) is 0.677. The maximum atomic E-state index is 12.0. The van der Waals surface area contributed by atoms with Crippen LogP contribution in [0.4, 0.5) is 0 Å². The number of thiazole rings is 1. The van der Waals surface area contributed by atoms with Gasteiger partial charge in [-0.3, -0.25) is 4.79 Å². The smallest absolute Gasteiger partial charge is 0.251 e. The van der Waals surface area contributed by atoms with Crippen LogP contribution in [0.5, 0.6) is 0 Å². The average molecular weight is 260 g/mol. The van der Waals surface area contributed by atoms with Crippen LogP contribution in [0.3, 0.4) is 0 Å². The zero-order chi connectivity index (χ0) is 13.0. The molecule has 0 aliphatic carbocycles. The fraction of sp³-hybridized carbons (Fsp3) is 0.286. The largest absolute Gasteiger partial charge is 0.343 e. The first-order chi connectivity index (χ1) is 8.70. The number of carbonyl (C=O) groups excluding carboxylic acids is 1. The van der Waals surface area contributed by atoms with Gasteiger partial charge >= 0.3 is 0 Å². The second-order valence-corrected chi connectivity index (χ2v) is 5.23. The van der Waals surface area contributed by atoms with Crippen molar-refractivity contribution in [1.29, 1.82) is 0 Å². The van der Waals surface area contributed by atoms with Gasteiger partial charge in [0.15, 0.2) is 0 Å². The molecule has 0 aliphatic rings. The highest BCUT2D eigenvalue weighted by Gasteiger charge is 2.13. The SMILES string of the molecule is CCc1cnc(C(C)NC(=O)c2ccccc2)s1. The highest BCUT2D eigenvalue weighted by molar-refractivity contribution is 7.11. The third kappa shape index (κ3) is 2.96. The van der Waals surface area contributed by atoms with Crippen molar-refractivity contribution in [3.63, 3.8) is 0 Å². The van der Waals surface area contributed by atoms with Crippen molar-refractivity contribution < 1.29 is 4.79 Å². The van der Waals surface area contributed by atoms with Gasteiger partial charge in [-0.15, -0.1) is 11.3 Å². The number of rotatable bonds is 4. The number of hydrogen-bond donors (Lipinski definition) is 1. The second-order valence-electron chi connectivity index (χ2n) is 4.08. The van der Waals surface area contributed by atoms with E-state index in [-0.39, 0.29) is 11.9 Å². The van der Waals surface area contributed by atoms with Crippen LogP contribution in [0.2, 0.25) is 0 Å². The Labute approximate surface area is 111 Å². The molecule has 1 amide bonds. The molecular formula is C14H16N2OS. The van der Waals surface area contributed by atoms with Crippen molar-refractivity contribution in [2.75, 3.05) is 0 Å². The van der Waals surface area contributed by atoms with Crippen molar-refractivity contribution in [2.24, 2.45) is 0 Å². The summed E-state index contributed by atoms with van der Waals surface area (Å²) < 4.78 is 0. The van der Waals surface area contributed by atoms with Crippen LogP contribution in [0.1, 0.15) is 40.1 Å². The molecule has 94 valence electrons. The van der Waals surface area contributed by atoms with E-state index in [1.54, 1.807) is 23.5 Å². The van der Waals surface area contributed by atoms with Gasteiger partial charge in [-0.25, -0.2) is 4.98 Å². The maximum Gasteiger partial charge on any atom is 0.251 e. The molecule has 1 N–H and O–H groups in total. The molecule has 2 aromatic rings. The summed E-state index contributed by atoms with van der Waals surface area (Å²) in [5.74, 6) is -0.0589. The topological polar surface area (TPSA) is 42.0 Å². The average Bonchev–Trinajstić information content (AvgIpc) is 2.88. The first-order valence-electron chi connectivity index (χ1n) is 6.01. The third-order valence-corrected chi connectivity index (χ3v) is 4.00. The van der Waals surface area contributed by atoms with Gasteiger partial charge in [0.1, 0.15) is 5.01 Å². The van der Waals surface area contributed by atoms with E-state index in [1.807, 2.05) is 31.3 Å². The number of aryl methyl sites for hydroxylation is 1. The minimum Gasteiger partial charge on any atom is -0.343 e. The molecule has 0 aliphatic heterocycles. The fourth-order valence-corrected chi connectivity index (χ4v) is 2.48. The van der Waals surface area contributed by atoms with Gasteiger partial charge in [0, 0.05) is 16.6 Å². The molecule has 0 saturated carbocycles. The summed E-state index contributed by atoms with van der Waals surface area (Å²) >= 11 is 1.65. The lowest BCUT2D eigenvalue weighted by Crippen LogP contribution is -2.26. The number of aromatic nitrogens is 1. The Morgan fingerprint density at radius 2 is 2.11 bits per heavy atom. The van der Waals surface area contributed by atoms with E-state index in [0.717, 1.165) is 11.4 Å². The van der Waals surface area contributed by atoms with Crippen LogP contribution in [-0.2, 0) is 6.42 Å². The normalized spacial score (nSPS) is 12.1. The molecule has 0 saturated heterocycles. The molecule has 18 heavy (non-hydrogen) atoms. The van der Waals surface area contributed by atoms with Gasteiger partial charge in [0.2, 0.25) is 0 Å². The summed E-state index contributed by atoms with van der Waals surface area (Å²) in [7, 11) is 0. The molecule has 0 radical (unpaired) electrons. The van der Waals surface area contributed by atoms with Crippen LogP contribution in [-0.4, -0.2) is 10.9 Å².